The Morgan fingerprint density at radius 2 is 2.13 bits per heavy atom. The first kappa shape index (κ1) is 10.1. The summed E-state index contributed by atoms with van der Waals surface area (Å²) in [5.74, 6) is 0.363. The summed E-state index contributed by atoms with van der Waals surface area (Å²) in [6, 6.07) is 5.46. The minimum atomic E-state index is 0.149. The highest BCUT2D eigenvalue weighted by molar-refractivity contribution is 6.01. The Kier molecular flexibility index (Phi) is 2.67. The summed E-state index contributed by atoms with van der Waals surface area (Å²) < 4.78 is 0. The van der Waals surface area contributed by atoms with E-state index in [0.717, 1.165) is 29.5 Å². The lowest BCUT2D eigenvalue weighted by Crippen LogP contribution is -2.11. The molecule has 0 N–H and O–H groups in total. The lowest BCUT2D eigenvalue weighted by molar-refractivity contribution is 0.0965. The number of hydrogen-bond acceptors (Lipinski definition) is 2. The van der Waals surface area contributed by atoms with Crippen LogP contribution in [0, 0.1) is 0 Å². The molecule has 78 valence electrons. The number of carbonyl (C=O) groups is 2. The number of Topliss-reactive ketones (excluding diaryl/α,β-unsaturated/α-hetero) is 2. The summed E-state index contributed by atoms with van der Waals surface area (Å²) in [4.78, 5) is 23.0. The van der Waals surface area contributed by atoms with Crippen LogP contribution in [0.5, 0.6) is 0 Å². The van der Waals surface area contributed by atoms with Gasteiger partial charge in [0.2, 0.25) is 0 Å². The van der Waals surface area contributed by atoms with Gasteiger partial charge in [-0.2, -0.15) is 0 Å². The van der Waals surface area contributed by atoms with Crippen molar-refractivity contribution in [3.8, 4) is 0 Å². The highest BCUT2D eigenvalue weighted by Gasteiger charge is 2.17. The van der Waals surface area contributed by atoms with E-state index in [1.165, 1.54) is 0 Å². The highest BCUT2D eigenvalue weighted by atomic mass is 16.1. The van der Waals surface area contributed by atoms with Gasteiger partial charge in [-0.15, -0.1) is 0 Å². The molecule has 0 radical (unpaired) electrons. The zero-order chi connectivity index (χ0) is 10.8. The number of rotatable bonds is 2. The summed E-state index contributed by atoms with van der Waals surface area (Å²) in [5, 5.41) is 0. The summed E-state index contributed by atoms with van der Waals surface area (Å²) in [6.07, 6.45) is 3.00. The second-order valence-corrected chi connectivity index (χ2v) is 3.93. The molecular formula is C13H14O2. The largest absolute Gasteiger partial charge is 0.294 e. The van der Waals surface area contributed by atoms with E-state index in [9.17, 15) is 9.59 Å². The minimum absolute atomic E-state index is 0.149. The summed E-state index contributed by atoms with van der Waals surface area (Å²) in [6.45, 7) is 1.85. The van der Waals surface area contributed by atoms with Gasteiger partial charge in [-0.05, 0) is 24.5 Å². The highest BCUT2D eigenvalue weighted by Crippen LogP contribution is 2.22. The van der Waals surface area contributed by atoms with Gasteiger partial charge < -0.3 is 0 Å². The number of aryl methyl sites for hydroxylation is 1. The molecule has 0 atom stereocenters. The van der Waals surface area contributed by atoms with Crippen LogP contribution in [0.3, 0.4) is 0 Å². The molecule has 15 heavy (non-hydrogen) atoms. The smallest absolute Gasteiger partial charge is 0.163 e. The number of benzene rings is 1. The molecule has 1 aliphatic rings. The molecule has 0 amide bonds. The molecular weight excluding hydrogens is 188 g/mol. The quantitative estimate of drug-likeness (QED) is 0.691. The number of hydrogen-bond donors (Lipinski definition) is 0. The Balaban J connectivity index is 2.41. The van der Waals surface area contributed by atoms with Crippen LogP contribution in [0.2, 0.25) is 0 Å². The topological polar surface area (TPSA) is 34.1 Å². The van der Waals surface area contributed by atoms with Gasteiger partial charge in [0.15, 0.2) is 11.6 Å². The molecule has 0 fully saturated rings. The van der Waals surface area contributed by atoms with Gasteiger partial charge >= 0.3 is 0 Å². The van der Waals surface area contributed by atoms with Crippen molar-refractivity contribution < 1.29 is 9.59 Å². The molecule has 0 saturated heterocycles. The predicted octanol–water partition coefficient (Wildman–Crippen LogP) is 2.80. The van der Waals surface area contributed by atoms with Crippen molar-refractivity contribution in [2.45, 2.75) is 32.6 Å². The van der Waals surface area contributed by atoms with Crippen LogP contribution < -0.4 is 0 Å². The summed E-state index contributed by atoms with van der Waals surface area (Å²) in [7, 11) is 0. The van der Waals surface area contributed by atoms with Gasteiger partial charge in [0.05, 0.1) is 0 Å². The van der Waals surface area contributed by atoms with E-state index in [1.54, 1.807) is 12.1 Å². The SMILES string of the molecule is CCC(=O)c1ccc2c(c1)CCCC2=O. The van der Waals surface area contributed by atoms with E-state index >= 15 is 0 Å². The van der Waals surface area contributed by atoms with Gasteiger partial charge in [-0.25, -0.2) is 0 Å². The Morgan fingerprint density at radius 3 is 2.87 bits per heavy atom. The fourth-order valence-electron chi connectivity index (χ4n) is 2.02. The third kappa shape index (κ3) is 1.84. The van der Waals surface area contributed by atoms with E-state index < -0.39 is 0 Å². The van der Waals surface area contributed by atoms with Crippen molar-refractivity contribution in [1.29, 1.82) is 0 Å². The first-order chi connectivity index (χ1) is 7.22. The van der Waals surface area contributed by atoms with E-state index in [4.69, 9.17) is 0 Å². The third-order valence-corrected chi connectivity index (χ3v) is 2.90. The molecule has 1 aromatic rings. The summed E-state index contributed by atoms with van der Waals surface area (Å²) >= 11 is 0. The van der Waals surface area contributed by atoms with E-state index in [2.05, 4.69) is 0 Å². The first-order valence-corrected chi connectivity index (χ1v) is 5.41. The van der Waals surface area contributed by atoms with Crippen LogP contribution in [0.1, 0.15) is 52.5 Å². The van der Waals surface area contributed by atoms with Crippen molar-refractivity contribution in [3.05, 3.63) is 34.9 Å². The Morgan fingerprint density at radius 1 is 1.33 bits per heavy atom. The van der Waals surface area contributed by atoms with Crippen LogP contribution in [0.15, 0.2) is 18.2 Å². The van der Waals surface area contributed by atoms with Gasteiger partial charge in [0.1, 0.15) is 0 Å². The van der Waals surface area contributed by atoms with Crippen LogP contribution >= 0.6 is 0 Å². The lowest BCUT2D eigenvalue weighted by Gasteiger charge is -2.15. The van der Waals surface area contributed by atoms with E-state index in [0.29, 0.717) is 12.8 Å². The molecule has 1 aromatic carbocycles. The first-order valence-electron chi connectivity index (χ1n) is 5.41. The molecule has 2 nitrogen and oxygen atoms in total. The number of carbonyl (C=O) groups excluding carboxylic acids is 2. The monoisotopic (exact) mass is 202 g/mol. The van der Waals surface area contributed by atoms with Gasteiger partial charge in [0, 0.05) is 24.0 Å². The van der Waals surface area contributed by atoms with E-state index in [1.807, 2.05) is 13.0 Å². The fourth-order valence-corrected chi connectivity index (χ4v) is 2.02. The summed E-state index contributed by atoms with van der Waals surface area (Å²) in [5.41, 5.74) is 2.60. The Bertz CT molecular complexity index is 419. The Labute approximate surface area is 89.3 Å². The molecule has 0 aromatic heterocycles. The van der Waals surface area contributed by atoms with Crippen LogP contribution in [-0.4, -0.2) is 11.6 Å². The molecule has 1 aliphatic carbocycles. The standard InChI is InChI=1S/C13H14O2/c1-2-12(14)10-6-7-11-9(8-10)4-3-5-13(11)15/h6-8H,2-5H2,1H3. The molecule has 0 unspecified atom stereocenters. The average Bonchev–Trinajstić information content (AvgIpc) is 2.28. The molecule has 0 bridgehead atoms. The second-order valence-electron chi connectivity index (χ2n) is 3.93. The van der Waals surface area contributed by atoms with Crippen LogP contribution in [0.25, 0.3) is 0 Å². The molecule has 0 spiro atoms. The van der Waals surface area contributed by atoms with Gasteiger partial charge in [-0.3, -0.25) is 9.59 Å². The van der Waals surface area contributed by atoms with Gasteiger partial charge in [0.25, 0.3) is 0 Å². The normalized spacial score (nSPS) is 14.9. The van der Waals surface area contributed by atoms with Crippen molar-refractivity contribution in [3.63, 3.8) is 0 Å². The van der Waals surface area contributed by atoms with E-state index in [-0.39, 0.29) is 11.6 Å². The maximum absolute atomic E-state index is 11.6. The number of ketones is 2. The lowest BCUT2D eigenvalue weighted by atomic mass is 9.88. The van der Waals surface area contributed by atoms with Gasteiger partial charge in [-0.1, -0.05) is 19.1 Å². The van der Waals surface area contributed by atoms with Crippen molar-refractivity contribution in [2.75, 3.05) is 0 Å². The van der Waals surface area contributed by atoms with Crippen LogP contribution in [-0.2, 0) is 6.42 Å². The second kappa shape index (κ2) is 3.97. The average molecular weight is 202 g/mol. The predicted molar refractivity (Wildman–Crippen MR) is 58.3 cm³/mol. The zero-order valence-electron chi connectivity index (χ0n) is 8.88. The molecule has 0 aliphatic heterocycles. The van der Waals surface area contributed by atoms with Crippen LogP contribution in [0.4, 0.5) is 0 Å². The molecule has 2 rings (SSSR count). The van der Waals surface area contributed by atoms with Crippen molar-refractivity contribution in [2.24, 2.45) is 0 Å². The molecule has 0 heterocycles. The zero-order valence-corrected chi connectivity index (χ0v) is 8.88. The fraction of sp³-hybridized carbons (Fsp3) is 0.385. The molecule has 0 saturated carbocycles. The minimum Gasteiger partial charge on any atom is -0.294 e. The van der Waals surface area contributed by atoms with Crippen molar-refractivity contribution >= 4 is 11.6 Å². The molecule has 2 heteroatoms. The Hall–Kier alpha value is -1.44. The third-order valence-electron chi connectivity index (χ3n) is 2.90. The maximum Gasteiger partial charge on any atom is 0.163 e. The maximum atomic E-state index is 11.6. The van der Waals surface area contributed by atoms with Crippen molar-refractivity contribution in [1.82, 2.24) is 0 Å². The number of fused-ring (bicyclic) bond motifs is 1.